The van der Waals surface area contributed by atoms with Gasteiger partial charge in [0.05, 0.1) is 6.54 Å². The smallest absolute Gasteiger partial charge is 0.193 e. The number of nitrogens with zero attached hydrogens (tertiary/aromatic N) is 1. The van der Waals surface area contributed by atoms with E-state index in [1.165, 1.54) is 11.1 Å². The minimum atomic E-state index is 0. The van der Waals surface area contributed by atoms with Crippen molar-refractivity contribution in [2.24, 2.45) is 10.7 Å². The van der Waals surface area contributed by atoms with Crippen molar-refractivity contribution in [2.45, 2.75) is 12.8 Å². The van der Waals surface area contributed by atoms with Crippen LogP contribution in [0.1, 0.15) is 22.6 Å². The van der Waals surface area contributed by atoms with Crippen LogP contribution in [0.25, 0.3) is 0 Å². The van der Waals surface area contributed by atoms with Crippen LogP contribution in [0.5, 0.6) is 0 Å². The second-order valence-corrected chi connectivity index (χ2v) is 5.48. The first kappa shape index (κ1) is 15.7. The fraction of sp³-hybridized carbons (Fsp3) is 0.188. The van der Waals surface area contributed by atoms with E-state index in [1.54, 1.807) is 0 Å². The number of anilines is 1. The highest BCUT2D eigenvalue weighted by atomic mass is 35.5. The van der Waals surface area contributed by atoms with Crippen molar-refractivity contribution >= 4 is 35.7 Å². The Bertz CT molecular complexity index is 666. The van der Waals surface area contributed by atoms with Crippen LogP contribution < -0.4 is 11.1 Å². The average Bonchev–Trinajstić information content (AvgIpc) is 2.58. The molecule has 1 atom stereocenters. The number of hydrogen-bond donors (Lipinski definition) is 2. The minimum absolute atomic E-state index is 0. The van der Waals surface area contributed by atoms with E-state index in [4.69, 9.17) is 17.3 Å². The fourth-order valence-corrected chi connectivity index (χ4v) is 2.67. The Balaban J connectivity index is 0.00000161. The van der Waals surface area contributed by atoms with Gasteiger partial charge < -0.3 is 11.1 Å². The van der Waals surface area contributed by atoms with Crippen LogP contribution in [0.2, 0.25) is 5.02 Å². The summed E-state index contributed by atoms with van der Waals surface area (Å²) in [6.45, 7) is 2.70. The fourth-order valence-electron chi connectivity index (χ4n) is 2.48. The zero-order valence-corrected chi connectivity index (χ0v) is 13.2. The Morgan fingerprint density at radius 1 is 1.19 bits per heavy atom. The van der Waals surface area contributed by atoms with Crippen LogP contribution in [0.15, 0.2) is 47.5 Å². The molecule has 2 aromatic rings. The lowest BCUT2D eigenvalue weighted by atomic mass is 9.90. The maximum absolute atomic E-state index is 6.15. The Kier molecular flexibility index (Phi) is 4.76. The molecule has 2 aromatic carbocycles. The van der Waals surface area contributed by atoms with E-state index in [-0.39, 0.29) is 18.3 Å². The Morgan fingerprint density at radius 2 is 1.90 bits per heavy atom. The van der Waals surface area contributed by atoms with Crippen LogP contribution in [0, 0.1) is 6.92 Å². The molecule has 0 saturated heterocycles. The predicted molar refractivity (Wildman–Crippen MR) is 91.8 cm³/mol. The van der Waals surface area contributed by atoms with Gasteiger partial charge in [0.1, 0.15) is 0 Å². The summed E-state index contributed by atoms with van der Waals surface area (Å²) >= 11 is 6.15. The summed E-state index contributed by atoms with van der Waals surface area (Å²) in [7, 11) is 0. The van der Waals surface area contributed by atoms with Gasteiger partial charge in [-0.05, 0) is 36.2 Å². The molecular weight excluding hydrogens is 305 g/mol. The SMILES string of the molecule is Cc1ccc(C2CN=C(N)Nc3ccc(Cl)cc32)cc1.Cl. The second kappa shape index (κ2) is 6.37. The van der Waals surface area contributed by atoms with E-state index in [1.807, 2.05) is 18.2 Å². The predicted octanol–water partition coefficient (Wildman–Crippen LogP) is 3.94. The summed E-state index contributed by atoms with van der Waals surface area (Å²) in [5.41, 5.74) is 10.4. The van der Waals surface area contributed by atoms with E-state index in [0.717, 1.165) is 16.3 Å². The van der Waals surface area contributed by atoms with Gasteiger partial charge in [0.25, 0.3) is 0 Å². The van der Waals surface area contributed by atoms with Crippen molar-refractivity contribution in [1.82, 2.24) is 0 Å². The average molecular weight is 322 g/mol. The number of nitrogens with two attached hydrogens (primary N) is 1. The van der Waals surface area contributed by atoms with E-state index in [9.17, 15) is 0 Å². The van der Waals surface area contributed by atoms with E-state index in [2.05, 4.69) is 41.5 Å². The van der Waals surface area contributed by atoms with Gasteiger partial charge in [0.15, 0.2) is 5.96 Å². The van der Waals surface area contributed by atoms with Crippen LogP contribution in [-0.4, -0.2) is 12.5 Å². The van der Waals surface area contributed by atoms with Gasteiger partial charge in [0, 0.05) is 16.6 Å². The van der Waals surface area contributed by atoms with Crippen LogP contribution in [0.3, 0.4) is 0 Å². The molecule has 21 heavy (non-hydrogen) atoms. The molecule has 3 N–H and O–H groups in total. The first-order chi connectivity index (χ1) is 9.63. The lowest BCUT2D eigenvalue weighted by Gasteiger charge is -2.17. The molecule has 0 saturated carbocycles. The zero-order chi connectivity index (χ0) is 14.1. The second-order valence-electron chi connectivity index (χ2n) is 5.05. The third kappa shape index (κ3) is 3.31. The molecule has 3 nitrogen and oxygen atoms in total. The largest absolute Gasteiger partial charge is 0.370 e. The van der Waals surface area contributed by atoms with Gasteiger partial charge in [-0.15, -0.1) is 12.4 Å². The molecule has 1 aliphatic heterocycles. The van der Waals surface area contributed by atoms with Gasteiger partial charge in [-0.1, -0.05) is 41.4 Å². The van der Waals surface area contributed by atoms with Crippen molar-refractivity contribution in [1.29, 1.82) is 0 Å². The maximum Gasteiger partial charge on any atom is 0.193 e. The monoisotopic (exact) mass is 321 g/mol. The molecular formula is C16H17Cl2N3. The lowest BCUT2D eigenvalue weighted by Crippen LogP contribution is -2.21. The summed E-state index contributed by atoms with van der Waals surface area (Å²) in [4.78, 5) is 4.39. The molecule has 1 unspecified atom stereocenters. The van der Waals surface area contributed by atoms with Crippen LogP contribution >= 0.6 is 24.0 Å². The molecule has 1 aliphatic rings. The number of hydrogen-bond acceptors (Lipinski definition) is 3. The Hall–Kier alpha value is -1.71. The molecule has 5 heteroatoms. The Morgan fingerprint density at radius 3 is 2.62 bits per heavy atom. The highest BCUT2D eigenvalue weighted by Crippen LogP contribution is 2.34. The van der Waals surface area contributed by atoms with Crippen molar-refractivity contribution in [3.05, 3.63) is 64.2 Å². The zero-order valence-electron chi connectivity index (χ0n) is 11.6. The molecule has 3 rings (SSSR count). The van der Waals surface area contributed by atoms with Crippen molar-refractivity contribution in [2.75, 3.05) is 11.9 Å². The highest BCUT2D eigenvalue weighted by Gasteiger charge is 2.21. The molecule has 0 spiro atoms. The lowest BCUT2D eigenvalue weighted by molar-refractivity contribution is 0.828. The first-order valence-electron chi connectivity index (χ1n) is 6.56. The molecule has 0 amide bonds. The van der Waals surface area contributed by atoms with E-state index >= 15 is 0 Å². The quantitative estimate of drug-likeness (QED) is 0.835. The molecule has 0 aliphatic carbocycles. The molecule has 110 valence electrons. The third-order valence-corrected chi connectivity index (χ3v) is 3.81. The number of rotatable bonds is 1. The number of fused-ring (bicyclic) bond motifs is 1. The van der Waals surface area contributed by atoms with Crippen molar-refractivity contribution < 1.29 is 0 Å². The van der Waals surface area contributed by atoms with Gasteiger partial charge in [-0.2, -0.15) is 0 Å². The van der Waals surface area contributed by atoms with Gasteiger partial charge in [-0.25, -0.2) is 0 Å². The van der Waals surface area contributed by atoms with Gasteiger partial charge in [-0.3, -0.25) is 4.99 Å². The van der Waals surface area contributed by atoms with Crippen molar-refractivity contribution in [3.63, 3.8) is 0 Å². The summed E-state index contributed by atoms with van der Waals surface area (Å²) in [5, 5.41) is 3.85. The Labute approximate surface area is 135 Å². The van der Waals surface area contributed by atoms with Crippen molar-refractivity contribution in [3.8, 4) is 0 Å². The number of guanidine groups is 1. The number of aliphatic imine (C=N–C) groups is 1. The molecule has 0 bridgehead atoms. The molecule has 0 fully saturated rings. The van der Waals surface area contributed by atoms with Crippen LogP contribution in [-0.2, 0) is 0 Å². The number of nitrogens with one attached hydrogen (secondary N) is 1. The molecule has 1 heterocycles. The first-order valence-corrected chi connectivity index (χ1v) is 6.94. The number of halogens is 2. The topological polar surface area (TPSA) is 50.4 Å². The number of benzene rings is 2. The summed E-state index contributed by atoms with van der Waals surface area (Å²) in [6, 6.07) is 14.3. The summed E-state index contributed by atoms with van der Waals surface area (Å²) in [5.74, 6) is 0.612. The normalized spacial score (nSPS) is 16.9. The maximum atomic E-state index is 6.15. The standard InChI is InChI=1S/C16H16ClN3.ClH/c1-10-2-4-11(5-3-10)14-9-19-16(18)20-15-7-6-12(17)8-13(14)15;/h2-8,14H,9H2,1H3,(H3,18,19,20);1H. The highest BCUT2D eigenvalue weighted by molar-refractivity contribution is 6.30. The minimum Gasteiger partial charge on any atom is -0.370 e. The van der Waals surface area contributed by atoms with E-state index in [0.29, 0.717) is 12.5 Å². The summed E-state index contributed by atoms with van der Waals surface area (Å²) < 4.78 is 0. The third-order valence-electron chi connectivity index (χ3n) is 3.58. The molecule has 0 aromatic heterocycles. The summed E-state index contributed by atoms with van der Waals surface area (Å²) in [6.07, 6.45) is 0. The van der Waals surface area contributed by atoms with Gasteiger partial charge in [0.2, 0.25) is 0 Å². The van der Waals surface area contributed by atoms with Gasteiger partial charge >= 0.3 is 0 Å². The van der Waals surface area contributed by atoms with E-state index < -0.39 is 0 Å². The molecule has 0 radical (unpaired) electrons. The van der Waals surface area contributed by atoms with Crippen LogP contribution in [0.4, 0.5) is 5.69 Å². The number of aryl methyl sites for hydroxylation is 1.